The highest BCUT2D eigenvalue weighted by molar-refractivity contribution is 5.82. The Labute approximate surface area is 124 Å². The summed E-state index contributed by atoms with van der Waals surface area (Å²) in [6, 6.07) is 0.520. The van der Waals surface area contributed by atoms with Crippen LogP contribution in [0.5, 0.6) is 0 Å². The lowest BCUT2D eigenvalue weighted by Crippen LogP contribution is -2.50. The zero-order valence-corrected chi connectivity index (χ0v) is 13.4. The number of nitrogens with zero attached hydrogens (tertiary/aromatic N) is 1. The zero-order valence-electron chi connectivity index (χ0n) is 13.4. The molecule has 2 rings (SSSR count). The van der Waals surface area contributed by atoms with Crippen LogP contribution in [0.3, 0.4) is 0 Å². The molecule has 0 aromatic rings. The third-order valence-electron chi connectivity index (χ3n) is 5.11. The Morgan fingerprint density at radius 3 is 2.55 bits per heavy atom. The maximum Gasteiger partial charge on any atom is 0.228 e. The van der Waals surface area contributed by atoms with E-state index in [0.29, 0.717) is 11.9 Å². The molecule has 20 heavy (non-hydrogen) atoms. The molecule has 0 aromatic carbocycles. The molecular weight excluding hydrogens is 248 g/mol. The Morgan fingerprint density at radius 1 is 1.20 bits per heavy atom. The van der Waals surface area contributed by atoms with Crippen LogP contribution in [-0.2, 0) is 4.79 Å². The summed E-state index contributed by atoms with van der Waals surface area (Å²) in [5.74, 6) is 0.423. The van der Waals surface area contributed by atoms with E-state index in [1.807, 2.05) is 0 Å². The van der Waals surface area contributed by atoms with Crippen molar-refractivity contribution in [3.05, 3.63) is 0 Å². The highest BCUT2D eigenvalue weighted by Gasteiger charge is 2.37. The van der Waals surface area contributed by atoms with Crippen LogP contribution < -0.4 is 5.32 Å². The summed E-state index contributed by atoms with van der Waals surface area (Å²) in [7, 11) is 0. The Bertz CT molecular complexity index is 304. The minimum Gasteiger partial charge on any atom is -0.341 e. The van der Waals surface area contributed by atoms with Crippen molar-refractivity contribution in [1.82, 2.24) is 10.2 Å². The number of amides is 1. The number of nitrogens with one attached hydrogen (secondary N) is 1. The number of carbonyl (C=O) groups is 1. The summed E-state index contributed by atoms with van der Waals surface area (Å²) in [5, 5.41) is 3.58. The van der Waals surface area contributed by atoms with E-state index >= 15 is 0 Å². The molecule has 1 aliphatic heterocycles. The summed E-state index contributed by atoms with van der Waals surface area (Å²) in [6.07, 6.45) is 10.8. The average molecular weight is 280 g/mol. The minimum absolute atomic E-state index is 0.0813. The van der Waals surface area contributed by atoms with Gasteiger partial charge < -0.3 is 10.2 Å². The lowest BCUT2D eigenvalue weighted by molar-refractivity contribution is -0.143. The van der Waals surface area contributed by atoms with E-state index in [1.165, 1.54) is 38.5 Å². The molecule has 0 bridgehead atoms. The largest absolute Gasteiger partial charge is 0.341 e. The van der Waals surface area contributed by atoms with Gasteiger partial charge >= 0.3 is 0 Å². The SMILES string of the molecule is CCCN(CC1CCCCN1)C(=O)C1(C)CCCCC1. The van der Waals surface area contributed by atoms with Crippen molar-refractivity contribution in [3.8, 4) is 0 Å². The van der Waals surface area contributed by atoms with E-state index in [0.717, 1.165) is 38.9 Å². The quantitative estimate of drug-likeness (QED) is 0.837. The summed E-state index contributed by atoms with van der Waals surface area (Å²) in [6.45, 7) is 7.34. The Hall–Kier alpha value is -0.570. The van der Waals surface area contributed by atoms with Gasteiger partial charge in [-0.25, -0.2) is 0 Å². The highest BCUT2D eigenvalue weighted by Crippen LogP contribution is 2.37. The van der Waals surface area contributed by atoms with Crippen LogP contribution in [0.15, 0.2) is 0 Å². The van der Waals surface area contributed by atoms with Crippen molar-refractivity contribution in [3.63, 3.8) is 0 Å². The van der Waals surface area contributed by atoms with Crippen molar-refractivity contribution in [2.75, 3.05) is 19.6 Å². The number of hydrogen-bond acceptors (Lipinski definition) is 2. The topological polar surface area (TPSA) is 32.3 Å². The van der Waals surface area contributed by atoms with Gasteiger partial charge in [-0.3, -0.25) is 4.79 Å². The Morgan fingerprint density at radius 2 is 1.95 bits per heavy atom. The van der Waals surface area contributed by atoms with Gasteiger partial charge in [-0.1, -0.05) is 39.5 Å². The second-order valence-corrected chi connectivity index (χ2v) is 7.02. The van der Waals surface area contributed by atoms with E-state index in [-0.39, 0.29) is 5.41 Å². The lowest BCUT2D eigenvalue weighted by atomic mass is 9.74. The fourth-order valence-electron chi connectivity index (χ4n) is 3.82. The second-order valence-electron chi connectivity index (χ2n) is 7.02. The lowest BCUT2D eigenvalue weighted by Gasteiger charge is -2.39. The zero-order chi connectivity index (χ0) is 14.4. The Balaban J connectivity index is 1.96. The molecule has 1 unspecified atom stereocenters. The minimum atomic E-state index is -0.0813. The van der Waals surface area contributed by atoms with Crippen molar-refractivity contribution in [2.24, 2.45) is 5.41 Å². The van der Waals surface area contributed by atoms with Crippen LogP contribution in [0, 0.1) is 5.41 Å². The molecule has 0 aromatic heterocycles. The molecule has 2 fully saturated rings. The maximum atomic E-state index is 13.0. The van der Waals surface area contributed by atoms with Gasteiger partial charge in [0.1, 0.15) is 0 Å². The molecule has 3 nitrogen and oxygen atoms in total. The van der Waals surface area contributed by atoms with Gasteiger partial charge in [0.05, 0.1) is 0 Å². The summed E-state index contributed by atoms with van der Waals surface area (Å²) >= 11 is 0. The van der Waals surface area contributed by atoms with Crippen molar-refractivity contribution in [2.45, 2.75) is 77.7 Å². The monoisotopic (exact) mass is 280 g/mol. The number of hydrogen-bond donors (Lipinski definition) is 1. The molecule has 0 radical (unpaired) electrons. The molecule has 1 saturated carbocycles. The third-order valence-corrected chi connectivity index (χ3v) is 5.11. The van der Waals surface area contributed by atoms with Crippen LogP contribution in [-0.4, -0.2) is 36.5 Å². The first-order chi connectivity index (χ1) is 9.65. The molecule has 1 N–H and O–H groups in total. The maximum absolute atomic E-state index is 13.0. The van der Waals surface area contributed by atoms with Gasteiger partial charge in [0.25, 0.3) is 0 Å². The number of piperidine rings is 1. The molecule has 2 aliphatic rings. The standard InChI is InChI=1S/C17H32N2O/c1-3-13-19(14-15-9-5-8-12-18-15)16(20)17(2)10-6-4-7-11-17/h15,18H,3-14H2,1-2H3. The van der Waals surface area contributed by atoms with Gasteiger partial charge in [0, 0.05) is 24.5 Å². The Kier molecular flexibility index (Phi) is 5.88. The van der Waals surface area contributed by atoms with Crippen LogP contribution in [0.2, 0.25) is 0 Å². The second kappa shape index (κ2) is 7.44. The fraction of sp³-hybridized carbons (Fsp3) is 0.941. The summed E-state index contributed by atoms with van der Waals surface area (Å²) in [4.78, 5) is 15.1. The van der Waals surface area contributed by atoms with Crippen LogP contribution >= 0.6 is 0 Å². The smallest absolute Gasteiger partial charge is 0.228 e. The van der Waals surface area contributed by atoms with Crippen molar-refractivity contribution in [1.29, 1.82) is 0 Å². The summed E-state index contributed by atoms with van der Waals surface area (Å²) in [5.41, 5.74) is -0.0813. The van der Waals surface area contributed by atoms with Crippen LogP contribution in [0.25, 0.3) is 0 Å². The van der Waals surface area contributed by atoms with Crippen molar-refractivity contribution < 1.29 is 4.79 Å². The fourth-order valence-corrected chi connectivity index (χ4v) is 3.82. The highest BCUT2D eigenvalue weighted by atomic mass is 16.2. The molecule has 1 saturated heterocycles. The predicted molar refractivity (Wildman–Crippen MR) is 83.7 cm³/mol. The molecule has 1 heterocycles. The first-order valence-electron chi connectivity index (χ1n) is 8.68. The molecule has 3 heteroatoms. The summed E-state index contributed by atoms with van der Waals surface area (Å²) < 4.78 is 0. The molecule has 1 aliphatic carbocycles. The molecule has 1 amide bonds. The molecular formula is C17H32N2O. The van der Waals surface area contributed by atoms with E-state index in [2.05, 4.69) is 24.1 Å². The molecule has 1 atom stereocenters. The normalized spacial score (nSPS) is 26.2. The first-order valence-corrected chi connectivity index (χ1v) is 8.68. The van der Waals surface area contributed by atoms with Crippen molar-refractivity contribution >= 4 is 5.91 Å². The molecule has 0 spiro atoms. The number of rotatable bonds is 5. The van der Waals surface area contributed by atoms with Crippen LogP contribution in [0.1, 0.15) is 71.6 Å². The van der Waals surface area contributed by atoms with E-state index in [1.54, 1.807) is 0 Å². The van der Waals surface area contributed by atoms with Gasteiger partial charge in [-0.2, -0.15) is 0 Å². The van der Waals surface area contributed by atoms with Gasteiger partial charge in [0.2, 0.25) is 5.91 Å². The van der Waals surface area contributed by atoms with Gasteiger partial charge in [-0.05, 0) is 38.6 Å². The molecule has 116 valence electrons. The van der Waals surface area contributed by atoms with Gasteiger partial charge in [-0.15, -0.1) is 0 Å². The van der Waals surface area contributed by atoms with E-state index in [4.69, 9.17) is 0 Å². The van der Waals surface area contributed by atoms with Gasteiger partial charge in [0.15, 0.2) is 0 Å². The number of carbonyl (C=O) groups excluding carboxylic acids is 1. The third kappa shape index (κ3) is 3.97. The average Bonchev–Trinajstić information content (AvgIpc) is 2.48. The first kappa shape index (κ1) is 15.8. The predicted octanol–water partition coefficient (Wildman–Crippen LogP) is 3.34. The van der Waals surface area contributed by atoms with Crippen LogP contribution in [0.4, 0.5) is 0 Å². The van der Waals surface area contributed by atoms with E-state index in [9.17, 15) is 4.79 Å². The van der Waals surface area contributed by atoms with E-state index < -0.39 is 0 Å².